The van der Waals surface area contributed by atoms with Crippen molar-refractivity contribution >= 4 is 64.6 Å². The van der Waals surface area contributed by atoms with Gasteiger partial charge in [0, 0.05) is 5.41 Å². The Labute approximate surface area is 359 Å². The second-order valence-electron chi connectivity index (χ2n) is 20.5. The summed E-state index contributed by atoms with van der Waals surface area (Å²) in [5, 5.41) is 15.9. The summed E-state index contributed by atoms with van der Waals surface area (Å²) in [6.07, 6.45) is 0. The van der Waals surface area contributed by atoms with Gasteiger partial charge >= 0.3 is 0 Å². The van der Waals surface area contributed by atoms with Crippen LogP contribution in [0.2, 0.25) is 0 Å². The summed E-state index contributed by atoms with van der Waals surface area (Å²) in [6, 6.07) is 61.3. The van der Waals surface area contributed by atoms with Crippen LogP contribution in [0.15, 0.2) is 158 Å². The van der Waals surface area contributed by atoms with Crippen molar-refractivity contribution in [1.29, 1.82) is 0 Å². The normalized spacial score (nSPS) is 14.0. The van der Waals surface area contributed by atoms with Crippen LogP contribution < -0.4 is 0 Å². The van der Waals surface area contributed by atoms with Crippen LogP contribution in [0, 0.1) is 0 Å². The van der Waals surface area contributed by atoms with Crippen LogP contribution in [0.3, 0.4) is 0 Å². The Balaban J connectivity index is 1.16. The first-order chi connectivity index (χ1) is 29.3. The van der Waals surface area contributed by atoms with Crippen molar-refractivity contribution in [3.63, 3.8) is 0 Å². The first kappa shape index (κ1) is 36.4. The molecule has 0 amide bonds. The first-order valence-electron chi connectivity index (χ1n) is 22.1. The summed E-state index contributed by atoms with van der Waals surface area (Å²) in [7, 11) is 0. The largest absolute Gasteiger partial charge is 0.0619 e. The van der Waals surface area contributed by atoms with E-state index in [2.05, 4.69) is 213 Å². The Kier molecular flexibility index (Phi) is 7.33. The molecule has 0 N–H and O–H groups in total. The predicted molar refractivity (Wildman–Crippen MR) is 265 cm³/mol. The van der Waals surface area contributed by atoms with Crippen LogP contribution in [0.25, 0.3) is 109 Å². The molecule has 0 bridgehead atoms. The molecule has 11 aromatic carbocycles. The molecule has 0 aliphatic heterocycles. The Morgan fingerprint density at radius 1 is 0.328 bits per heavy atom. The molecule has 294 valence electrons. The SMILES string of the molecule is CC(C)(C)c1cc2ccc3ccc(-c4cccc(-c5ccc6ccc7cc(C(C)(C)C)cc8ccc5c6c78)c4-c4ccc5c(c4)C(C)(C)c4ccccc4-5)c4ccc(c1)c2c34. The van der Waals surface area contributed by atoms with Crippen LogP contribution in [0.1, 0.15) is 77.6 Å². The van der Waals surface area contributed by atoms with Gasteiger partial charge in [-0.1, -0.05) is 207 Å². The molecule has 0 unspecified atom stereocenters. The lowest BCUT2D eigenvalue weighted by Crippen LogP contribution is -2.14. The molecule has 0 saturated heterocycles. The molecule has 0 heterocycles. The van der Waals surface area contributed by atoms with E-state index in [0.29, 0.717) is 0 Å². The molecule has 1 aliphatic carbocycles. The summed E-state index contributed by atoms with van der Waals surface area (Å²) in [4.78, 5) is 0. The molecule has 0 nitrogen and oxygen atoms in total. The van der Waals surface area contributed by atoms with Gasteiger partial charge in [0.25, 0.3) is 0 Å². The van der Waals surface area contributed by atoms with E-state index in [1.165, 1.54) is 131 Å². The fourth-order valence-corrected chi connectivity index (χ4v) is 11.1. The summed E-state index contributed by atoms with van der Waals surface area (Å²) >= 11 is 0. The summed E-state index contributed by atoms with van der Waals surface area (Å²) in [5.74, 6) is 0. The summed E-state index contributed by atoms with van der Waals surface area (Å²) in [6.45, 7) is 18.7. The van der Waals surface area contributed by atoms with Gasteiger partial charge in [-0.05, 0) is 148 Å². The van der Waals surface area contributed by atoms with Gasteiger partial charge in [0.05, 0.1) is 0 Å². The molecule has 61 heavy (non-hydrogen) atoms. The Morgan fingerprint density at radius 3 is 1.25 bits per heavy atom. The third kappa shape index (κ3) is 5.18. The molecule has 12 rings (SSSR count). The standard InChI is InChI=1S/C61H50/c1-59(2,3)42-30-37-18-16-35-20-25-44(50-28-23-39(32-42)54(37)57(35)50)48-13-11-14-49(56(48)41-22-27-47-46-12-9-10-15-52(46)61(7,8)53(47)34-41)45-26-21-36-17-19-38-31-43(60(4,5)6)33-40-24-29-51(45)58(36)55(38)40/h9-34H,1-8H3. The minimum atomic E-state index is -0.116. The summed E-state index contributed by atoms with van der Waals surface area (Å²) in [5.41, 5.74) is 15.9. The van der Waals surface area contributed by atoms with Crippen molar-refractivity contribution in [3.05, 3.63) is 180 Å². The van der Waals surface area contributed by atoms with Gasteiger partial charge in [0.15, 0.2) is 0 Å². The zero-order valence-electron chi connectivity index (χ0n) is 36.5. The smallest absolute Gasteiger partial charge is 0.0159 e. The van der Waals surface area contributed by atoms with Gasteiger partial charge in [-0.3, -0.25) is 0 Å². The molecule has 1 aliphatic rings. The van der Waals surface area contributed by atoms with E-state index in [-0.39, 0.29) is 16.2 Å². The van der Waals surface area contributed by atoms with Crippen molar-refractivity contribution in [1.82, 2.24) is 0 Å². The maximum atomic E-state index is 2.52. The molecule has 0 fully saturated rings. The number of rotatable bonds is 3. The van der Waals surface area contributed by atoms with Crippen molar-refractivity contribution in [2.75, 3.05) is 0 Å². The van der Waals surface area contributed by atoms with Gasteiger partial charge in [-0.15, -0.1) is 0 Å². The van der Waals surface area contributed by atoms with E-state index in [1.54, 1.807) is 0 Å². The van der Waals surface area contributed by atoms with E-state index in [9.17, 15) is 0 Å². The fourth-order valence-electron chi connectivity index (χ4n) is 11.1. The average Bonchev–Trinajstić information content (AvgIpc) is 3.48. The van der Waals surface area contributed by atoms with Crippen LogP contribution in [-0.4, -0.2) is 0 Å². The molecule has 11 aromatic rings. The Hall–Kier alpha value is -6.50. The second kappa shape index (κ2) is 12.3. The topological polar surface area (TPSA) is 0 Å². The maximum absolute atomic E-state index is 2.52. The lowest BCUT2D eigenvalue weighted by atomic mass is 9.79. The van der Waals surface area contributed by atoms with Gasteiger partial charge in [-0.2, -0.15) is 0 Å². The number of fused-ring (bicyclic) bond motifs is 3. The first-order valence-corrected chi connectivity index (χ1v) is 22.1. The fraction of sp³-hybridized carbons (Fsp3) is 0.180. The van der Waals surface area contributed by atoms with E-state index < -0.39 is 0 Å². The van der Waals surface area contributed by atoms with Crippen molar-refractivity contribution in [2.24, 2.45) is 0 Å². The number of benzene rings is 11. The third-order valence-corrected chi connectivity index (χ3v) is 14.4. The molecular formula is C61H50. The minimum Gasteiger partial charge on any atom is -0.0619 e. The maximum Gasteiger partial charge on any atom is 0.0159 e. The van der Waals surface area contributed by atoms with Gasteiger partial charge < -0.3 is 0 Å². The quantitative estimate of drug-likeness (QED) is 0.157. The third-order valence-electron chi connectivity index (χ3n) is 14.4. The Morgan fingerprint density at radius 2 is 0.738 bits per heavy atom. The van der Waals surface area contributed by atoms with Crippen LogP contribution in [0.4, 0.5) is 0 Å². The average molecular weight is 783 g/mol. The predicted octanol–water partition coefficient (Wildman–Crippen LogP) is 17.4. The van der Waals surface area contributed by atoms with E-state index in [0.717, 1.165) is 0 Å². The molecule has 0 spiro atoms. The van der Waals surface area contributed by atoms with Crippen molar-refractivity contribution in [3.8, 4) is 44.5 Å². The minimum absolute atomic E-state index is 0.0667. The van der Waals surface area contributed by atoms with E-state index in [1.807, 2.05) is 0 Å². The molecule has 0 atom stereocenters. The van der Waals surface area contributed by atoms with E-state index in [4.69, 9.17) is 0 Å². The lowest BCUT2D eigenvalue weighted by molar-refractivity contribution is 0.591. The van der Waals surface area contributed by atoms with Crippen molar-refractivity contribution in [2.45, 2.75) is 71.6 Å². The van der Waals surface area contributed by atoms with Gasteiger partial charge in [0.1, 0.15) is 0 Å². The van der Waals surface area contributed by atoms with Crippen LogP contribution in [-0.2, 0) is 16.2 Å². The monoisotopic (exact) mass is 782 g/mol. The highest BCUT2D eigenvalue weighted by Gasteiger charge is 2.36. The van der Waals surface area contributed by atoms with Gasteiger partial charge in [-0.25, -0.2) is 0 Å². The second-order valence-corrected chi connectivity index (χ2v) is 20.5. The van der Waals surface area contributed by atoms with Crippen molar-refractivity contribution < 1.29 is 0 Å². The molecule has 0 heteroatoms. The number of hydrogen-bond acceptors (Lipinski definition) is 0. The van der Waals surface area contributed by atoms with Gasteiger partial charge in [0.2, 0.25) is 0 Å². The zero-order valence-corrected chi connectivity index (χ0v) is 36.5. The highest BCUT2D eigenvalue weighted by molar-refractivity contribution is 6.28. The summed E-state index contributed by atoms with van der Waals surface area (Å²) < 4.78 is 0. The zero-order chi connectivity index (χ0) is 41.7. The Bertz CT molecular complexity index is 3390. The van der Waals surface area contributed by atoms with E-state index >= 15 is 0 Å². The molecule has 0 radical (unpaired) electrons. The highest BCUT2D eigenvalue weighted by Crippen LogP contribution is 2.53. The van der Waals surface area contributed by atoms with Crippen LogP contribution in [0.5, 0.6) is 0 Å². The lowest BCUT2D eigenvalue weighted by Gasteiger charge is -2.24. The molecule has 0 saturated carbocycles. The molecular weight excluding hydrogens is 733 g/mol. The number of hydrogen-bond donors (Lipinski definition) is 0. The van der Waals surface area contributed by atoms with Crippen LogP contribution >= 0.6 is 0 Å². The molecule has 0 aromatic heterocycles. The highest BCUT2D eigenvalue weighted by atomic mass is 14.4.